The number of hydrogen-bond donors (Lipinski definition) is 0. The molecule has 0 fully saturated rings. The minimum absolute atomic E-state index is 0.112. The number of nitrogens with zero attached hydrogens (tertiary/aromatic N) is 4. The van der Waals surface area contributed by atoms with Crippen LogP contribution in [0.2, 0.25) is 0 Å². The summed E-state index contributed by atoms with van der Waals surface area (Å²) in [5.74, 6) is 0.0375. The molecule has 1 amide bonds. The van der Waals surface area contributed by atoms with Crippen LogP contribution in [0.1, 0.15) is 6.42 Å². The second-order valence-corrected chi connectivity index (χ2v) is 4.05. The molecule has 0 aliphatic rings. The van der Waals surface area contributed by atoms with Gasteiger partial charge in [-0.15, -0.1) is 0 Å². The highest BCUT2D eigenvalue weighted by atomic mass is 16.5. The number of carbonyl (C=O) groups excluding carboxylic acids is 2. The fourth-order valence-corrected chi connectivity index (χ4v) is 1.37. The molecule has 1 heterocycles. The minimum Gasteiger partial charge on any atom is -0.469 e. The number of esters is 1. The summed E-state index contributed by atoms with van der Waals surface area (Å²) in [5, 5.41) is 0. The zero-order chi connectivity index (χ0) is 14.3. The Morgan fingerprint density at radius 1 is 1.26 bits per heavy atom. The molecular weight excluding hydrogens is 248 g/mol. The highest BCUT2D eigenvalue weighted by Crippen LogP contribution is 2.02. The molecular formula is C12H18N4O3. The van der Waals surface area contributed by atoms with Crippen molar-refractivity contribution in [2.75, 3.05) is 39.2 Å². The van der Waals surface area contributed by atoms with Crippen molar-refractivity contribution in [2.45, 2.75) is 6.42 Å². The molecule has 0 spiro atoms. The highest BCUT2D eigenvalue weighted by Gasteiger charge is 2.14. The van der Waals surface area contributed by atoms with E-state index in [4.69, 9.17) is 0 Å². The second kappa shape index (κ2) is 7.30. The van der Waals surface area contributed by atoms with E-state index in [0.29, 0.717) is 12.5 Å². The van der Waals surface area contributed by atoms with Gasteiger partial charge in [0.15, 0.2) is 0 Å². The average Bonchev–Trinajstić information content (AvgIpc) is 2.44. The van der Waals surface area contributed by atoms with Crippen LogP contribution in [-0.4, -0.2) is 61.0 Å². The molecule has 19 heavy (non-hydrogen) atoms. The second-order valence-electron chi connectivity index (χ2n) is 4.05. The van der Waals surface area contributed by atoms with Crippen LogP contribution in [0.3, 0.4) is 0 Å². The molecule has 104 valence electrons. The normalized spacial score (nSPS) is 9.84. The van der Waals surface area contributed by atoms with E-state index >= 15 is 0 Å². The number of aromatic nitrogens is 2. The van der Waals surface area contributed by atoms with E-state index in [0.717, 1.165) is 0 Å². The minimum atomic E-state index is -0.334. The van der Waals surface area contributed by atoms with Crippen LogP contribution in [0.4, 0.5) is 5.95 Å². The van der Waals surface area contributed by atoms with Gasteiger partial charge in [-0.3, -0.25) is 9.59 Å². The lowest BCUT2D eigenvalue weighted by Gasteiger charge is -2.21. The predicted molar refractivity (Wildman–Crippen MR) is 69.6 cm³/mol. The van der Waals surface area contributed by atoms with Crippen molar-refractivity contribution in [3.63, 3.8) is 0 Å². The van der Waals surface area contributed by atoms with Gasteiger partial charge in [0.05, 0.1) is 20.1 Å². The van der Waals surface area contributed by atoms with Crippen molar-refractivity contribution in [3.05, 3.63) is 18.5 Å². The third-order valence-corrected chi connectivity index (χ3v) is 2.57. The molecule has 1 aromatic heterocycles. The van der Waals surface area contributed by atoms with Crippen LogP contribution >= 0.6 is 0 Å². The smallest absolute Gasteiger partial charge is 0.307 e. The highest BCUT2D eigenvalue weighted by molar-refractivity contribution is 5.81. The Balaban J connectivity index is 2.43. The van der Waals surface area contributed by atoms with Crippen LogP contribution < -0.4 is 4.90 Å². The van der Waals surface area contributed by atoms with Gasteiger partial charge in [-0.05, 0) is 6.07 Å². The fraction of sp³-hybridized carbons (Fsp3) is 0.500. The fourth-order valence-electron chi connectivity index (χ4n) is 1.37. The molecule has 0 bridgehead atoms. The first kappa shape index (κ1) is 14.9. The molecule has 0 aliphatic heterocycles. The lowest BCUT2D eigenvalue weighted by atomic mass is 10.4. The Kier molecular flexibility index (Phi) is 5.72. The van der Waals surface area contributed by atoms with Crippen molar-refractivity contribution in [1.29, 1.82) is 0 Å². The maximum absolute atomic E-state index is 11.9. The largest absolute Gasteiger partial charge is 0.469 e. The average molecular weight is 266 g/mol. The number of likely N-dealkylation sites (N-methyl/N-ethyl adjacent to an activating group) is 2. The monoisotopic (exact) mass is 266 g/mol. The summed E-state index contributed by atoms with van der Waals surface area (Å²) in [6.45, 7) is 0.483. The molecule has 0 saturated heterocycles. The summed E-state index contributed by atoms with van der Waals surface area (Å²) in [5.41, 5.74) is 0. The third kappa shape index (κ3) is 4.90. The molecule has 0 atom stereocenters. The molecule has 7 nitrogen and oxygen atoms in total. The topological polar surface area (TPSA) is 75.6 Å². The van der Waals surface area contributed by atoms with Gasteiger partial charge in [0.1, 0.15) is 0 Å². The zero-order valence-electron chi connectivity index (χ0n) is 11.4. The Labute approximate surface area is 112 Å². The Bertz CT molecular complexity index is 424. The zero-order valence-corrected chi connectivity index (χ0v) is 11.4. The van der Waals surface area contributed by atoms with E-state index in [9.17, 15) is 9.59 Å². The van der Waals surface area contributed by atoms with E-state index in [1.54, 1.807) is 37.5 Å². The van der Waals surface area contributed by atoms with Crippen LogP contribution in [-0.2, 0) is 14.3 Å². The van der Waals surface area contributed by atoms with Gasteiger partial charge in [0, 0.05) is 33.0 Å². The molecule has 0 radical (unpaired) electrons. The van der Waals surface area contributed by atoms with Crippen molar-refractivity contribution in [3.8, 4) is 0 Å². The Morgan fingerprint density at radius 2 is 1.89 bits per heavy atom. The van der Waals surface area contributed by atoms with Gasteiger partial charge in [-0.2, -0.15) is 0 Å². The summed E-state index contributed by atoms with van der Waals surface area (Å²) in [6.07, 6.45) is 3.42. The maximum atomic E-state index is 11.9. The van der Waals surface area contributed by atoms with Gasteiger partial charge < -0.3 is 14.5 Å². The van der Waals surface area contributed by atoms with Crippen molar-refractivity contribution >= 4 is 17.8 Å². The number of amides is 1. The van der Waals surface area contributed by atoms with E-state index in [1.165, 1.54) is 12.0 Å². The number of methoxy groups -OCH3 is 1. The quantitative estimate of drug-likeness (QED) is 0.671. The number of ether oxygens (including phenoxy) is 1. The number of anilines is 1. The van der Waals surface area contributed by atoms with Crippen molar-refractivity contribution in [1.82, 2.24) is 14.9 Å². The van der Waals surface area contributed by atoms with Crippen LogP contribution in [0, 0.1) is 0 Å². The third-order valence-electron chi connectivity index (χ3n) is 2.57. The van der Waals surface area contributed by atoms with Crippen LogP contribution in [0.25, 0.3) is 0 Å². The molecule has 0 aromatic carbocycles. The lowest BCUT2D eigenvalue weighted by molar-refractivity contribution is -0.141. The molecule has 0 unspecified atom stereocenters. The van der Waals surface area contributed by atoms with Crippen molar-refractivity contribution in [2.24, 2.45) is 0 Å². The van der Waals surface area contributed by atoms with Crippen molar-refractivity contribution < 1.29 is 14.3 Å². The summed E-state index contributed by atoms with van der Waals surface area (Å²) in [6, 6.07) is 1.71. The first-order valence-corrected chi connectivity index (χ1v) is 5.83. The molecule has 0 aliphatic carbocycles. The van der Waals surface area contributed by atoms with Crippen LogP contribution in [0.15, 0.2) is 18.5 Å². The summed E-state index contributed by atoms with van der Waals surface area (Å²) in [4.78, 5) is 34.1. The van der Waals surface area contributed by atoms with E-state index in [2.05, 4.69) is 14.7 Å². The van der Waals surface area contributed by atoms with Gasteiger partial charge in [0.25, 0.3) is 0 Å². The van der Waals surface area contributed by atoms with E-state index in [1.807, 2.05) is 0 Å². The standard InChI is InChI=1S/C12H18N4O3/c1-15(8-5-11(18)19-3)10(17)9-16(2)12-13-6-4-7-14-12/h4,6-7H,5,8-9H2,1-3H3. The predicted octanol–water partition coefficient (Wildman–Crippen LogP) is -0.0657. The molecule has 1 aromatic rings. The first-order valence-electron chi connectivity index (χ1n) is 5.83. The number of hydrogen-bond acceptors (Lipinski definition) is 6. The summed E-state index contributed by atoms with van der Waals surface area (Å²) >= 11 is 0. The van der Waals surface area contributed by atoms with E-state index in [-0.39, 0.29) is 24.8 Å². The van der Waals surface area contributed by atoms with Gasteiger partial charge in [0.2, 0.25) is 11.9 Å². The molecule has 0 saturated carbocycles. The summed E-state index contributed by atoms with van der Waals surface area (Å²) < 4.78 is 4.52. The Morgan fingerprint density at radius 3 is 2.47 bits per heavy atom. The lowest BCUT2D eigenvalue weighted by Crippen LogP contribution is -2.38. The van der Waals surface area contributed by atoms with Crippen LogP contribution in [0.5, 0.6) is 0 Å². The SMILES string of the molecule is COC(=O)CCN(C)C(=O)CN(C)c1ncccn1. The number of rotatable bonds is 6. The molecule has 1 rings (SSSR count). The van der Waals surface area contributed by atoms with Gasteiger partial charge >= 0.3 is 5.97 Å². The first-order chi connectivity index (χ1) is 9.04. The maximum Gasteiger partial charge on any atom is 0.307 e. The molecule has 7 heteroatoms. The Hall–Kier alpha value is -2.18. The van der Waals surface area contributed by atoms with E-state index < -0.39 is 0 Å². The molecule has 0 N–H and O–H groups in total. The number of carbonyl (C=O) groups is 2. The summed E-state index contributed by atoms with van der Waals surface area (Å²) in [7, 11) is 4.71. The van der Waals surface area contributed by atoms with Gasteiger partial charge in [-0.25, -0.2) is 9.97 Å². The van der Waals surface area contributed by atoms with Gasteiger partial charge in [-0.1, -0.05) is 0 Å².